The summed E-state index contributed by atoms with van der Waals surface area (Å²) >= 11 is 0. The molecule has 7 nitrogen and oxygen atoms in total. The zero-order valence-corrected chi connectivity index (χ0v) is 54.1. The number of carbonyl (C=O) groups excluding carboxylic acids is 1. The van der Waals surface area contributed by atoms with Crippen molar-refractivity contribution in [3.63, 3.8) is 0 Å². The monoisotopic (exact) mass is 1170 g/mol. The van der Waals surface area contributed by atoms with Gasteiger partial charge < -0.3 is 29.0 Å². The highest BCUT2D eigenvalue weighted by Crippen LogP contribution is 2.46. The second-order valence-electron chi connectivity index (χ2n) is 25.5. The van der Waals surface area contributed by atoms with Gasteiger partial charge in [0.15, 0.2) is 0 Å². The minimum atomic E-state index is -0.476. The lowest BCUT2D eigenvalue weighted by molar-refractivity contribution is 0.140. The van der Waals surface area contributed by atoms with Crippen LogP contribution in [0.5, 0.6) is 28.7 Å². The summed E-state index contributed by atoms with van der Waals surface area (Å²) in [7, 11) is 0. The smallest absolute Gasteiger partial charge is 0.407 e. The minimum absolute atomic E-state index is 0.0292. The van der Waals surface area contributed by atoms with Crippen LogP contribution in [-0.4, -0.2) is 25.9 Å². The van der Waals surface area contributed by atoms with Gasteiger partial charge in [-0.15, -0.1) is 0 Å². The molecule has 1 unspecified atom stereocenters. The third kappa shape index (κ3) is 25.3. The van der Waals surface area contributed by atoms with Crippen LogP contribution in [0, 0.1) is 0 Å². The summed E-state index contributed by atoms with van der Waals surface area (Å²) < 4.78 is 32.0. The number of para-hydroxylation sites is 1. The number of ether oxygens (including phenoxy) is 5. The van der Waals surface area contributed by atoms with Crippen molar-refractivity contribution in [3.05, 3.63) is 137 Å². The molecule has 0 spiro atoms. The van der Waals surface area contributed by atoms with E-state index in [0.717, 1.165) is 41.0 Å². The number of benzene rings is 5. The second kappa shape index (κ2) is 42.5. The van der Waals surface area contributed by atoms with E-state index in [4.69, 9.17) is 23.7 Å². The number of fused-ring (bicyclic) bond motifs is 5. The SMILES string of the molecule is CCCCCCCCCCCCCCCCCCCCCCOc1cc(COc2ccc3c(c2)Oc2ccccc2C3NC(=O)OCC2c3ccccc3-c3ccccc32)cc(OCCCCCCCCCCCCCCCCCCCCCC)c1. The molecule has 5 aromatic rings. The fraction of sp³-hybridized carbons (Fsp3) is 0.608. The number of alkyl carbamates (subject to hydrolysis) is 1. The average Bonchev–Trinajstić information content (AvgIpc) is 1.69. The van der Waals surface area contributed by atoms with E-state index in [1.165, 1.54) is 266 Å². The number of amides is 1. The highest BCUT2D eigenvalue weighted by Gasteiger charge is 2.32. The van der Waals surface area contributed by atoms with Crippen molar-refractivity contribution < 1.29 is 28.5 Å². The van der Waals surface area contributed by atoms with Crippen LogP contribution < -0.4 is 24.3 Å². The lowest BCUT2D eigenvalue weighted by atomic mass is 9.94. The number of unbranched alkanes of at least 4 members (excludes halogenated alkanes) is 38. The van der Waals surface area contributed by atoms with Crippen LogP contribution in [0.2, 0.25) is 0 Å². The Morgan fingerprint density at radius 1 is 0.372 bits per heavy atom. The van der Waals surface area contributed by atoms with E-state index in [1.54, 1.807) is 0 Å². The van der Waals surface area contributed by atoms with Crippen molar-refractivity contribution in [2.24, 2.45) is 0 Å². The molecule has 7 heteroatoms. The highest BCUT2D eigenvalue weighted by atomic mass is 16.5. The predicted molar refractivity (Wildman–Crippen MR) is 361 cm³/mol. The third-order valence-electron chi connectivity index (χ3n) is 18.2. The number of hydrogen-bond donors (Lipinski definition) is 1. The van der Waals surface area contributed by atoms with Crippen molar-refractivity contribution in [1.82, 2.24) is 5.32 Å². The van der Waals surface area contributed by atoms with Gasteiger partial charge in [0.05, 0.1) is 19.3 Å². The van der Waals surface area contributed by atoms with Crippen LogP contribution in [0.1, 0.15) is 310 Å². The molecule has 1 aliphatic carbocycles. The zero-order valence-electron chi connectivity index (χ0n) is 54.1. The Hall–Kier alpha value is -5.43. The number of nitrogens with one attached hydrogen (secondary N) is 1. The molecule has 1 N–H and O–H groups in total. The van der Waals surface area contributed by atoms with E-state index in [1.807, 2.05) is 42.5 Å². The number of rotatable bonds is 50. The molecule has 0 saturated carbocycles. The van der Waals surface area contributed by atoms with Gasteiger partial charge in [0.2, 0.25) is 0 Å². The van der Waals surface area contributed by atoms with E-state index < -0.39 is 12.1 Å². The van der Waals surface area contributed by atoms with Gasteiger partial charge in [0, 0.05) is 29.2 Å². The maximum atomic E-state index is 13.7. The average molecular weight is 1170 g/mol. The van der Waals surface area contributed by atoms with Gasteiger partial charge in [-0.05, 0) is 71.0 Å². The first-order valence-electron chi connectivity index (χ1n) is 35.7. The summed E-state index contributed by atoms with van der Waals surface area (Å²) in [5.74, 6) is 3.62. The standard InChI is InChI=1S/C79H115NO6/c1-3-5-7-9-11-13-15-17-19-21-23-25-27-29-31-33-35-37-39-47-57-82-67-59-65(60-68(61-67)83-58-48-40-38-36-34-32-30-28-26-24-22-20-18-16-14-12-10-8-6-4-2)63-84-66-55-56-74-77(62-66)86-76-54-46-45-53-73(76)78(74)80-79(81)85-64-75-71-51-43-41-49-69(71)70-50-42-44-52-72(70)75/h41-46,49-56,59-62,75,78H,3-40,47-48,57-58,63-64H2,1-2H3,(H,80,81). The van der Waals surface area contributed by atoms with Crippen LogP contribution in [0.4, 0.5) is 4.79 Å². The predicted octanol–water partition coefficient (Wildman–Crippen LogP) is 24.4. The van der Waals surface area contributed by atoms with Gasteiger partial charge in [-0.3, -0.25) is 0 Å². The van der Waals surface area contributed by atoms with E-state index >= 15 is 0 Å². The molecule has 0 bridgehead atoms. The first kappa shape index (κ1) is 68.1. The highest BCUT2D eigenvalue weighted by molar-refractivity contribution is 5.79. The fourth-order valence-electron chi connectivity index (χ4n) is 13.1. The Balaban J connectivity index is 0.823. The van der Waals surface area contributed by atoms with Gasteiger partial charge in [-0.25, -0.2) is 4.79 Å². The second-order valence-corrected chi connectivity index (χ2v) is 25.5. The first-order valence-corrected chi connectivity index (χ1v) is 35.7. The molecule has 5 aromatic carbocycles. The molecule has 1 atom stereocenters. The molecule has 7 rings (SSSR count). The summed E-state index contributed by atoms with van der Waals surface area (Å²) in [6.45, 7) is 6.56. The topological polar surface area (TPSA) is 75.2 Å². The van der Waals surface area contributed by atoms with Gasteiger partial charge in [0.1, 0.15) is 42.0 Å². The Bertz CT molecular complexity index is 2480. The maximum Gasteiger partial charge on any atom is 0.407 e. The Morgan fingerprint density at radius 3 is 1.17 bits per heavy atom. The summed E-state index contributed by atoms with van der Waals surface area (Å²) in [5.41, 5.74) is 7.46. The lowest BCUT2D eigenvalue weighted by Gasteiger charge is -2.29. The van der Waals surface area contributed by atoms with Gasteiger partial charge >= 0.3 is 6.09 Å². The third-order valence-corrected chi connectivity index (χ3v) is 18.2. The first-order chi connectivity index (χ1) is 42.6. The van der Waals surface area contributed by atoms with E-state index in [2.05, 4.69) is 85.9 Å². The summed E-state index contributed by atoms with van der Waals surface area (Å²) in [4.78, 5) is 13.7. The van der Waals surface area contributed by atoms with Crippen molar-refractivity contribution in [2.75, 3.05) is 19.8 Å². The summed E-state index contributed by atoms with van der Waals surface area (Å²) in [6, 6.07) is 36.3. The molecule has 86 heavy (non-hydrogen) atoms. The Morgan fingerprint density at radius 2 is 0.744 bits per heavy atom. The van der Waals surface area contributed by atoms with Gasteiger partial charge in [0.25, 0.3) is 0 Å². The van der Waals surface area contributed by atoms with Crippen molar-refractivity contribution in [2.45, 2.75) is 289 Å². The lowest BCUT2D eigenvalue weighted by Crippen LogP contribution is -2.32. The van der Waals surface area contributed by atoms with Crippen molar-refractivity contribution in [1.29, 1.82) is 0 Å². The van der Waals surface area contributed by atoms with Gasteiger partial charge in [-0.1, -0.05) is 325 Å². The molecular weight excluding hydrogens is 1060 g/mol. The van der Waals surface area contributed by atoms with Crippen LogP contribution in [0.15, 0.2) is 109 Å². The van der Waals surface area contributed by atoms with Crippen LogP contribution in [0.25, 0.3) is 11.1 Å². The zero-order chi connectivity index (χ0) is 59.7. The molecular formula is C79H115NO6. The number of carbonyl (C=O) groups is 1. The van der Waals surface area contributed by atoms with Crippen molar-refractivity contribution in [3.8, 4) is 39.9 Å². The molecule has 0 radical (unpaired) electrons. The normalized spacial score (nSPS) is 13.2. The van der Waals surface area contributed by atoms with Gasteiger partial charge in [-0.2, -0.15) is 0 Å². The quantitative estimate of drug-likeness (QED) is 0.0391. The number of hydrogen-bond acceptors (Lipinski definition) is 6. The van der Waals surface area contributed by atoms with E-state index in [9.17, 15) is 4.79 Å². The van der Waals surface area contributed by atoms with Crippen LogP contribution in [-0.2, 0) is 11.3 Å². The molecule has 0 fully saturated rings. The molecule has 0 aromatic heterocycles. The van der Waals surface area contributed by atoms with Crippen LogP contribution in [0.3, 0.4) is 0 Å². The largest absolute Gasteiger partial charge is 0.493 e. The van der Waals surface area contributed by atoms with Crippen LogP contribution >= 0.6 is 0 Å². The fourth-order valence-corrected chi connectivity index (χ4v) is 13.1. The molecule has 472 valence electrons. The summed E-state index contributed by atoms with van der Waals surface area (Å²) in [6.07, 6.45) is 54.5. The molecule has 1 amide bonds. The maximum absolute atomic E-state index is 13.7. The molecule has 1 heterocycles. The summed E-state index contributed by atoms with van der Waals surface area (Å²) in [5, 5.41) is 3.19. The Labute approximate surface area is 523 Å². The van der Waals surface area contributed by atoms with E-state index in [0.29, 0.717) is 37.1 Å². The van der Waals surface area contributed by atoms with Crippen molar-refractivity contribution >= 4 is 6.09 Å². The molecule has 1 aliphatic heterocycles. The molecule has 0 saturated heterocycles. The molecule has 2 aliphatic rings. The Kier molecular flexibility index (Phi) is 33.6. The minimum Gasteiger partial charge on any atom is -0.493 e. The van der Waals surface area contributed by atoms with E-state index in [-0.39, 0.29) is 12.5 Å².